The van der Waals surface area contributed by atoms with Gasteiger partial charge in [0.2, 0.25) is 0 Å². The summed E-state index contributed by atoms with van der Waals surface area (Å²) in [5.74, 6) is 0. The molecule has 0 aliphatic heterocycles. The van der Waals surface area contributed by atoms with Gasteiger partial charge in [-0.05, 0) is 12.8 Å². The molecule has 0 heterocycles. The van der Waals surface area contributed by atoms with Crippen LogP contribution in [0.1, 0.15) is 25.7 Å². The van der Waals surface area contributed by atoms with Crippen molar-refractivity contribution in [3.63, 3.8) is 0 Å². The highest BCUT2D eigenvalue weighted by Gasteiger charge is 2.40. The molecule has 98 valence electrons. The van der Waals surface area contributed by atoms with Crippen LogP contribution in [0.25, 0.3) is 0 Å². The van der Waals surface area contributed by atoms with E-state index < -0.39 is 21.8 Å². The third-order valence-corrected chi connectivity index (χ3v) is 4.15. The molecule has 0 unspecified atom stereocenters. The molecule has 4 N–H and O–H groups in total. The predicted molar refractivity (Wildman–Crippen MR) is 65.6 cm³/mol. The van der Waals surface area contributed by atoms with E-state index in [9.17, 15) is 13.2 Å². The zero-order chi connectivity index (χ0) is 13.1. The lowest BCUT2D eigenvalue weighted by atomic mass is 10.00. The first-order valence-corrected chi connectivity index (χ1v) is 6.90. The van der Waals surface area contributed by atoms with Crippen molar-refractivity contribution in [1.29, 1.82) is 0 Å². The monoisotopic (exact) mass is 281 g/mol. The van der Waals surface area contributed by atoms with Gasteiger partial charge in [-0.1, -0.05) is 25.1 Å². The average molecular weight is 281 g/mol. The van der Waals surface area contributed by atoms with Gasteiger partial charge < -0.3 is 10.5 Å². The Bertz CT molecular complexity index is 414. The summed E-state index contributed by atoms with van der Waals surface area (Å²) in [6.45, 7) is 0. The topological polar surface area (TPSA) is 111 Å². The van der Waals surface area contributed by atoms with Gasteiger partial charge in [0.05, 0.1) is 17.6 Å². The normalized spacial score (nSPS) is 18.6. The first kappa shape index (κ1) is 14.1. The fourth-order valence-corrected chi connectivity index (χ4v) is 3.31. The number of rotatable bonds is 4. The maximum Gasteiger partial charge on any atom is 0.421 e. The SMILES string of the molecule is COC(=O)NS(=O)(=O)NC1(C(N)=S)CCCC1. The lowest BCUT2D eigenvalue weighted by Crippen LogP contribution is -2.58. The number of hydrogen-bond donors (Lipinski definition) is 3. The highest BCUT2D eigenvalue weighted by Crippen LogP contribution is 2.30. The first-order valence-electron chi connectivity index (χ1n) is 5.01. The quantitative estimate of drug-likeness (QED) is 0.614. The van der Waals surface area contributed by atoms with Crippen molar-refractivity contribution in [2.24, 2.45) is 5.73 Å². The van der Waals surface area contributed by atoms with Crippen LogP contribution in [-0.4, -0.2) is 32.1 Å². The summed E-state index contributed by atoms with van der Waals surface area (Å²) in [7, 11) is -2.95. The number of amides is 1. The molecule has 7 nitrogen and oxygen atoms in total. The third-order valence-electron chi connectivity index (χ3n) is 2.66. The Morgan fingerprint density at radius 3 is 2.35 bits per heavy atom. The van der Waals surface area contributed by atoms with Crippen LogP contribution in [0.15, 0.2) is 0 Å². The Morgan fingerprint density at radius 1 is 1.41 bits per heavy atom. The van der Waals surface area contributed by atoms with E-state index >= 15 is 0 Å². The molecule has 1 rings (SSSR count). The molecule has 1 fully saturated rings. The second kappa shape index (κ2) is 5.15. The van der Waals surface area contributed by atoms with Gasteiger partial charge in [-0.3, -0.25) is 0 Å². The van der Waals surface area contributed by atoms with Crippen molar-refractivity contribution in [3.8, 4) is 0 Å². The lowest BCUT2D eigenvalue weighted by molar-refractivity contribution is 0.177. The fraction of sp³-hybridized carbons (Fsp3) is 0.750. The second-order valence-electron chi connectivity index (χ2n) is 3.85. The summed E-state index contributed by atoms with van der Waals surface area (Å²) in [6, 6.07) is 0. The highest BCUT2D eigenvalue weighted by atomic mass is 32.2. The second-order valence-corrected chi connectivity index (χ2v) is 5.71. The van der Waals surface area contributed by atoms with Crippen molar-refractivity contribution in [2.75, 3.05) is 7.11 Å². The number of hydrogen-bond acceptors (Lipinski definition) is 5. The van der Waals surface area contributed by atoms with Crippen molar-refractivity contribution in [1.82, 2.24) is 9.44 Å². The molecule has 1 aliphatic carbocycles. The molecule has 0 aromatic rings. The summed E-state index contributed by atoms with van der Waals surface area (Å²) in [5.41, 5.74) is 4.63. The van der Waals surface area contributed by atoms with Crippen LogP contribution in [-0.2, 0) is 14.9 Å². The lowest BCUT2D eigenvalue weighted by Gasteiger charge is -2.28. The summed E-state index contributed by atoms with van der Waals surface area (Å²) in [6.07, 6.45) is 1.67. The number of carbonyl (C=O) groups is 1. The van der Waals surface area contributed by atoms with E-state index in [1.807, 2.05) is 0 Å². The molecular weight excluding hydrogens is 266 g/mol. The molecule has 1 saturated carbocycles. The smallest absolute Gasteiger partial charge is 0.421 e. The minimum atomic E-state index is -4.02. The van der Waals surface area contributed by atoms with Crippen LogP contribution in [0.5, 0.6) is 0 Å². The maximum absolute atomic E-state index is 11.6. The van der Waals surface area contributed by atoms with Crippen LogP contribution >= 0.6 is 12.2 Å². The minimum absolute atomic E-state index is 0.0882. The number of nitrogens with two attached hydrogens (primary N) is 1. The van der Waals surface area contributed by atoms with E-state index in [4.69, 9.17) is 18.0 Å². The standard InChI is InChI=1S/C8H15N3O4S2/c1-15-7(12)10-17(13,14)11-8(6(9)16)4-2-3-5-8/h11H,2-5H2,1H3,(H2,9,16)(H,10,12). The molecule has 0 bridgehead atoms. The first-order chi connectivity index (χ1) is 7.81. The van der Waals surface area contributed by atoms with Crippen molar-refractivity contribution < 1.29 is 17.9 Å². The Balaban J connectivity index is 2.81. The van der Waals surface area contributed by atoms with Gasteiger partial charge in [-0.25, -0.2) is 9.52 Å². The summed E-state index contributed by atoms with van der Waals surface area (Å²) in [4.78, 5) is 10.9. The predicted octanol–water partition coefficient (Wildman–Crippen LogP) is -0.224. The van der Waals surface area contributed by atoms with E-state index in [2.05, 4.69) is 9.46 Å². The third kappa shape index (κ3) is 3.51. The molecule has 0 saturated heterocycles. The van der Waals surface area contributed by atoms with Crippen molar-refractivity contribution in [3.05, 3.63) is 0 Å². The Kier molecular flexibility index (Phi) is 4.28. The Hall–Kier alpha value is -0.930. The number of nitrogens with one attached hydrogen (secondary N) is 2. The summed E-state index contributed by atoms with van der Waals surface area (Å²) >= 11 is 4.88. The summed E-state index contributed by atoms with van der Waals surface area (Å²) in [5, 5.41) is 0. The number of thiocarbonyl (C=S) groups is 1. The zero-order valence-electron chi connectivity index (χ0n) is 9.36. The van der Waals surface area contributed by atoms with Gasteiger partial charge in [0.1, 0.15) is 0 Å². The summed E-state index contributed by atoms with van der Waals surface area (Å²) < 4.78 is 31.5. The Morgan fingerprint density at radius 2 is 1.94 bits per heavy atom. The van der Waals surface area contributed by atoms with Crippen LogP contribution in [0.3, 0.4) is 0 Å². The highest BCUT2D eigenvalue weighted by molar-refractivity contribution is 7.88. The number of methoxy groups -OCH3 is 1. The molecule has 0 aromatic heterocycles. The van der Waals surface area contributed by atoms with E-state index in [0.29, 0.717) is 12.8 Å². The van der Waals surface area contributed by atoms with Gasteiger partial charge in [0.15, 0.2) is 0 Å². The average Bonchev–Trinajstić information content (AvgIpc) is 2.65. The van der Waals surface area contributed by atoms with Crippen LogP contribution in [0, 0.1) is 0 Å². The van der Waals surface area contributed by atoms with Crippen molar-refractivity contribution in [2.45, 2.75) is 31.2 Å². The molecule has 1 aliphatic rings. The fourth-order valence-electron chi connectivity index (χ4n) is 1.81. The molecule has 0 spiro atoms. The van der Waals surface area contributed by atoms with Gasteiger partial charge in [-0.15, -0.1) is 0 Å². The van der Waals surface area contributed by atoms with Crippen LogP contribution in [0.2, 0.25) is 0 Å². The zero-order valence-corrected chi connectivity index (χ0v) is 11.0. The van der Waals surface area contributed by atoms with Crippen molar-refractivity contribution >= 4 is 33.5 Å². The maximum atomic E-state index is 11.6. The number of carbonyl (C=O) groups excluding carboxylic acids is 1. The number of ether oxygens (including phenoxy) is 1. The molecular formula is C8H15N3O4S2. The van der Waals surface area contributed by atoms with Gasteiger partial charge in [0.25, 0.3) is 0 Å². The van der Waals surface area contributed by atoms with E-state index in [0.717, 1.165) is 20.0 Å². The molecule has 0 aromatic carbocycles. The largest absolute Gasteiger partial charge is 0.452 e. The molecule has 9 heteroatoms. The van der Waals surface area contributed by atoms with Crippen LogP contribution < -0.4 is 15.2 Å². The van der Waals surface area contributed by atoms with Crippen LogP contribution in [0.4, 0.5) is 4.79 Å². The van der Waals surface area contributed by atoms with E-state index in [1.54, 1.807) is 4.72 Å². The molecule has 0 atom stereocenters. The van der Waals surface area contributed by atoms with E-state index in [-0.39, 0.29) is 4.99 Å². The molecule has 0 radical (unpaired) electrons. The minimum Gasteiger partial charge on any atom is -0.452 e. The molecule has 1 amide bonds. The Labute approximate surface area is 105 Å². The van der Waals surface area contributed by atoms with Gasteiger partial charge >= 0.3 is 16.3 Å². The van der Waals surface area contributed by atoms with Gasteiger partial charge in [0, 0.05) is 0 Å². The van der Waals surface area contributed by atoms with Gasteiger partial charge in [-0.2, -0.15) is 13.1 Å². The molecule has 17 heavy (non-hydrogen) atoms. The van der Waals surface area contributed by atoms with E-state index in [1.165, 1.54) is 0 Å².